The smallest absolute Gasteiger partial charge is 0.0295 e. The summed E-state index contributed by atoms with van der Waals surface area (Å²) in [6, 6.07) is 0. The summed E-state index contributed by atoms with van der Waals surface area (Å²) in [6.45, 7) is 20.7. The van der Waals surface area contributed by atoms with Gasteiger partial charge < -0.3 is 0 Å². The molecule has 0 aromatic rings. The van der Waals surface area contributed by atoms with Crippen LogP contribution in [-0.2, 0) is 0 Å². The van der Waals surface area contributed by atoms with E-state index in [-0.39, 0.29) is 0 Å². The Kier molecular flexibility index (Phi) is 15.8. The van der Waals surface area contributed by atoms with E-state index >= 15 is 0 Å². The fraction of sp³-hybridized carbons (Fsp3) is 0.966. The van der Waals surface area contributed by atoms with Gasteiger partial charge in [-0.25, -0.2) is 0 Å². The van der Waals surface area contributed by atoms with E-state index in [2.05, 4.69) is 54.9 Å². The Balaban J connectivity index is 0.000000526. The summed E-state index contributed by atoms with van der Waals surface area (Å²) in [7, 11) is 0. The first-order valence-electron chi connectivity index (χ1n) is 13.6. The highest BCUT2D eigenvalue weighted by atomic mass is 14.4. The average Bonchev–Trinajstić information content (AvgIpc) is 3.18. The van der Waals surface area contributed by atoms with E-state index in [4.69, 9.17) is 0 Å². The first kappa shape index (κ1) is 29.0. The molecular formula is C29H59. The molecule has 175 valence electrons. The van der Waals surface area contributed by atoms with Crippen LogP contribution < -0.4 is 0 Å². The third-order valence-corrected chi connectivity index (χ3v) is 8.16. The fourth-order valence-electron chi connectivity index (χ4n) is 6.15. The van der Waals surface area contributed by atoms with Gasteiger partial charge in [-0.2, -0.15) is 0 Å². The van der Waals surface area contributed by atoms with Crippen LogP contribution in [0.2, 0.25) is 0 Å². The Morgan fingerprint density at radius 3 is 1.69 bits per heavy atom. The Bertz CT molecular complexity index is 349. The van der Waals surface area contributed by atoms with Gasteiger partial charge in [0.05, 0.1) is 0 Å². The van der Waals surface area contributed by atoms with Crippen LogP contribution in [0.1, 0.15) is 152 Å². The van der Waals surface area contributed by atoms with Crippen molar-refractivity contribution in [3.8, 4) is 0 Å². The molecule has 0 amide bonds. The number of hydrogen-bond acceptors (Lipinski definition) is 0. The maximum Gasteiger partial charge on any atom is -0.0295 e. The van der Waals surface area contributed by atoms with E-state index in [0.717, 1.165) is 23.2 Å². The van der Waals surface area contributed by atoms with Crippen LogP contribution in [0, 0.1) is 35.0 Å². The van der Waals surface area contributed by atoms with E-state index in [0.29, 0.717) is 5.41 Å². The van der Waals surface area contributed by atoms with Gasteiger partial charge in [0, 0.05) is 0 Å². The van der Waals surface area contributed by atoms with Crippen LogP contribution in [0.4, 0.5) is 0 Å². The highest BCUT2D eigenvalue weighted by Crippen LogP contribution is 2.46. The van der Waals surface area contributed by atoms with Gasteiger partial charge in [-0.1, -0.05) is 94.4 Å². The van der Waals surface area contributed by atoms with E-state index in [9.17, 15) is 0 Å². The summed E-state index contributed by atoms with van der Waals surface area (Å²) >= 11 is 0. The largest absolute Gasteiger partial charge is 0.0683 e. The minimum absolute atomic E-state index is 0.701. The van der Waals surface area contributed by atoms with Crippen molar-refractivity contribution in [1.82, 2.24) is 0 Å². The van der Waals surface area contributed by atoms with E-state index in [1.54, 1.807) is 0 Å². The number of rotatable bonds is 9. The molecule has 0 N–H and O–H groups in total. The average molecular weight is 408 g/mol. The molecule has 0 nitrogen and oxygen atoms in total. The first-order chi connectivity index (χ1) is 13.8. The van der Waals surface area contributed by atoms with Crippen molar-refractivity contribution in [2.24, 2.45) is 28.6 Å². The second kappa shape index (κ2) is 15.8. The van der Waals surface area contributed by atoms with Crippen molar-refractivity contribution < 1.29 is 0 Å². The predicted molar refractivity (Wildman–Crippen MR) is 135 cm³/mol. The van der Waals surface area contributed by atoms with Gasteiger partial charge in [-0.15, -0.1) is 0 Å². The number of hydrogen-bond donors (Lipinski definition) is 0. The third-order valence-electron chi connectivity index (χ3n) is 8.16. The van der Waals surface area contributed by atoms with E-state index in [1.165, 1.54) is 89.9 Å². The molecule has 2 fully saturated rings. The summed E-state index contributed by atoms with van der Waals surface area (Å²) in [5.41, 5.74) is 1.46. The minimum atomic E-state index is 0.701. The normalized spacial score (nSPS) is 22.1. The zero-order chi connectivity index (χ0) is 22.3. The van der Waals surface area contributed by atoms with Crippen LogP contribution in [0.5, 0.6) is 0 Å². The lowest BCUT2D eigenvalue weighted by atomic mass is 9.65. The molecule has 2 rings (SSSR count). The van der Waals surface area contributed by atoms with Crippen molar-refractivity contribution in [3.63, 3.8) is 0 Å². The topological polar surface area (TPSA) is 0 Å². The van der Waals surface area contributed by atoms with Gasteiger partial charge in [0.2, 0.25) is 0 Å². The Morgan fingerprint density at radius 1 is 0.724 bits per heavy atom. The lowest BCUT2D eigenvalue weighted by Gasteiger charge is -2.40. The van der Waals surface area contributed by atoms with Gasteiger partial charge in [0.1, 0.15) is 0 Å². The highest BCUT2D eigenvalue weighted by Gasteiger charge is 2.33. The molecule has 2 atom stereocenters. The Hall–Kier alpha value is 0. The Labute approximate surface area is 187 Å². The molecule has 2 saturated carbocycles. The quantitative estimate of drug-likeness (QED) is 0.356. The van der Waals surface area contributed by atoms with Gasteiger partial charge in [0.25, 0.3) is 0 Å². The third kappa shape index (κ3) is 10.7. The maximum absolute atomic E-state index is 2.50. The van der Waals surface area contributed by atoms with Crippen molar-refractivity contribution in [2.75, 3.05) is 0 Å². The zero-order valence-electron chi connectivity index (χ0n) is 22.2. The summed E-state index contributed by atoms with van der Waals surface area (Å²) in [5.74, 6) is 2.71. The molecular weight excluding hydrogens is 348 g/mol. The maximum atomic E-state index is 2.50. The lowest BCUT2D eigenvalue weighted by Crippen LogP contribution is -2.28. The van der Waals surface area contributed by atoms with Crippen LogP contribution in [0.15, 0.2) is 0 Å². The standard InChI is InChI=1S/C16H31.C11H22.C2H6/c1-5-10-16(11-8-7-9-12-16)13-15(4)14(3)6-2;1-4-11(9-10(2)3)7-5-6-8-11;1-2/h7,14-15H,5-6,8-13H2,1-4H3;10H,4-9H2,1-3H3;1-2H3. The van der Waals surface area contributed by atoms with Gasteiger partial charge in [0.15, 0.2) is 0 Å². The molecule has 2 aliphatic carbocycles. The molecule has 0 heteroatoms. The molecule has 0 heterocycles. The summed E-state index contributed by atoms with van der Waals surface area (Å²) < 4.78 is 0. The first-order valence-corrected chi connectivity index (χ1v) is 13.6. The second-order valence-electron chi connectivity index (χ2n) is 10.8. The molecule has 0 aliphatic heterocycles. The molecule has 2 unspecified atom stereocenters. The van der Waals surface area contributed by atoms with Gasteiger partial charge in [-0.05, 0) is 92.8 Å². The zero-order valence-corrected chi connectivity index (χ0v) is 22.2. The molecule has 0 aromatic heterocycles. The second-order valence-corrected chi connectivity index (χ2v) is 10.8. The summed E-state index contributed by atoms with van der Waals surface area (Å²) in [4.78, 5) is 0. The van der Waals surface area contributed by atoms with Crippen molar-refractivity contribution >= 4 is 0 Å². The molecule has 29 heavy (non-hydrogen) atoms. The van der Waals surface area contributed by atoms with Crippen molar-refractivity contribution in [2.45, 2.75) is 152 Å². The summed E-state index contributed by atoms with van der Waals surface area (Å²) in [5, 5.41) is 0. The van der Waals surface area contributed by atoms with Crippen LogP contribution in [-0.4, -0.2) is 0 Å². The molecule has 0 saturated heterocycles. The van der Waals surface area contributed by atoms with Gasteiger partial charge in [-0.3, -0.25) is 0 Å². The monoisotopic (exact) mass is 407 g/mol. The molecule has 1 radical (unpaired) electrons. The molecule has 0 aromatic carbocycles. The van der Waals surface area contributed by atoms with Crippen LogP contribution in [0.25, 0.3) is 0 Å². The minimum Gasteiger partial charge on any atom is -0.0683 e. The molecule has 0 spiro atoms. The fourth-order valence-corrected chi connectivity index (χ4v) is 6.15. The van der Waals surface area contributed by atoms with Crippen molar-refractivity contribution in [1.29, 1.82) is 0 Å². The molecule has 2 aliphatic rings. The van der Waals surface area contributed by atoms with Crippen LogP contribution in [0.3, 0.4) is 0 Å². The summed E-state index contributed by atoms with van der Waals surface area (Å²) in [6.07, 6.45) is 22.7. The highest BCUT2D eigenvalue weighted by molar-refractivity contribution is 4.90. The predicted octanol–water partition coefficient (Wildman–Crippen LogP) is 10.7. The SMILES string of the molecule is CC.CCC1(CC(C)C)CCCC1.CCCC1(CC(C)C(C)CC)CC[CH]CC1. The Morgan fingerprint density at radius 2 is 1.28 bits per heavy atom. The van der Waals surface area contributed by atoms with Crippen LogP contribution >= 0.6 is 0 Å². The van der Waals surface area contributed by atoms with Crippen molar-refractivity contribution in [3.05, 3.63) is 6.42 Å². The van der Waals surface area contributed by atoms with E-state index < -0.39 is 0 Å². The van der Waals surface area contributed by atoms with E-state index in [1.807, 2.05) is 13.8 Å². The van der Waals surface area contributed by atoms with Gasteiger partial charge >= 0.3 is 0 Å². The molecule has 0 bridgehead atoms. The lowest BCUT2D eigenvalue weighted by molar-refractivity contribution is 0.127.